The SMILES string of the molecule is CNC(Cc1ncnn1C(C)C)c1cc(Cl)ccc1Br. The van der Waals surface area contributed by atoms with Crippen LogP contribution in [-0.2, 0) is 6.42 Å². The molecule has 1 heterocycles. The lowest BCUT2D eigenvalue weighted by Crippen LogP contribution is -2.22. The lowest BCUT2D eigenvalue weighted by Gasteiger charge is -2.19. The smallest absolute Gasteiger partial charge is 0.138 e. The monoisotopic (exact) mass is 356 g/mol. The average Bonchev–Trinajstić information content (AvgIpc) is 2.87. The van der Waals surface area contributed by atoms with E-state index in [0.717, 1.165) is 27.3 Å². The van der Waals surface area contributed by atoms with Gasteiger partial charge in [-0.2, -0.15) is 5.10 Å². The van der Waals surface area contributed by atoms with Crippen LogP contribution in [0.25, 0.3) is 0 Å². The van der Waals surface area contributed by atoms with Gasteiger partial charge in [-0.15, -0.1) is 0 Å². The molecular formula is C14H18BrClN4. The molecule has 0 saturated carbocycles. The van der Waals surface area contributed by atoms with Crippen molar-refractivity contribution in [3.63, 3.8) is 0 Å². The summed E-state index contributed by atoms with van der Waals surface area (Å²) in [4.78, 5) is 4.37. The second-order valence-corrected chi connectivity index (χ2v) is 6.22. The number of hydrogen-bond acceptors (Lipinski definition) is 3. The highest BCUT2D eigenvalue weighted by molar-refractivity contribution is 9.10. The van der Waals surface area contributed by atoms with Gasteiger partial charge in [0.1, 0.15) is 12.2 Å². The third-order valence-electron chi connectivity index (χ3n) is 3.21. The van der Waals surface area contributed by atoms with Gasteiger partial charge in [-0.25, -0.2) is 9.67 Å². The van der Waals surface area contributed by atoms with Gasteiger partial charge in [-0.1, -0.05) is 27.5 Å². The Labute approximate surface area is 132 Å². The molecule has 0 radical (unpaired) electrons. The third kappa shape index (κ3) is 3.40. The maximum absolute atomic E-state index is 6.10. The zero-order valence-corrected chi connectivity index (χ0v) is 14.1. The van der Waals surface area contributed by atoms with E-state index in [4.69, 9.17) is 11.6 Å². The van der Waals surface area contributed by atoms with Crippen molar-refractivity contribution < 1.29 is 0 Å². The van der Waals surface area contributed by atoms with Crippen LogP contribution in [0, 0.1) is 0 Å². The van der Waals surface area contributed by atoms with E-state index in [1.165, 1.54) is 0 Å². The van der Waals surface area contributed by atoms with Crippen molar-refractivity contribution in [2.75, 3.05) is 7.05 Å². The molecule has 108 valence electrons. The van der Waals surface area contributed by atoms with E-state index in [9.17, 15) is 0 Å². The fraction of sp³-hybridized carbons (Fsp3) is 0.429. The van der Waals surface area contributed by atoms with Gasteiger partial charge in [0.2, 0.25) is 0 Å². The van der Waals surface area contributed by atoms with Crippen molar-refractivity contribution >= 4 is 27.5 Å². The van der Waals surface area contributed by atoms with E-state index in [1.54, 1.807) is 6.33 Å². The second kappa shape index (κ2) is 6.70. The Bertz CT molecular complexity index is 582. The van der Waals surface area contributed by atoms with E-state index in [0.29, 0.717) is 6.04 Å². The molecule has 2 rings (SSSR count). The number of likely N-dealkylation sites (N-methyl/N-ethyl adjacent to an activating group) is 1. The number of halogens is 2. The van der Waals surface area contributed by atoms with Crippen molar-refractivity contribution in [3.05, 3.63) is 45.4 Å². The van der Waals surface area contributed by atoms with Crippen LogP contribution in [-0.4, -0.2) is 21.8 Å². The molecule has 0 amide bonds. The van der Waals surface area contributed by atoms with E-state index in [1.807, 2.05) is 29.9 Å². The Morgan fingerprint density at radius 3 is 2.80 bits per heavy atom. The molecule has 0 saturated heterocycles. The molecule has 0 fully saturated rings. The van der Waals surface area contributed by atoms with Crippen LogP contribution < -0.4 is 5.32 Å². The van der Waals surface area contributed by atoms with Crippen LogP contribution in [0.5, 0.6) is 0 Å². The lowest BCUT2D eigenvalue weighted by atomic mass is 10.0. The molecule has 0 aliphatic rings. The Balaban J connectivity index is 2.29. The predicted molar refractivity (Wildman–Crippen MR) is 85.1 cm³/mol. The van der Waals surface area contributed by atoms with Gasteiger partial charge >= 0.3 is 0 Å². The molecule has 0 aliphatic heterocycles. The van der Waals surface area contributed by atoms with Gasteiger partial charge in [0.15, 0.2) is 0 Å². The summed E-state index contributed by atoms with van der Waals surface area (Å²) < 4.78 is 2.99. The van der Waals surface area contributed by atoms with Crippen LogP contribution in [0.1, 0.15) is 37.3 Å². The minimum atomic E-state index is 0.129. The number of nitrogens with zero attached hydrogens (tertiary/aromatic N) is 3. The number of benzene rings is 1. The molecule has 1 N–H and O–H groups in total. The van der Waals surface area contributed by atoms with E-state index < -0.39 is 0 Å². The molecule has 1 aromatic heterocycles. The Morgan fingerprint density at radius 2 is 2.15 bits per heavy atom. The van der Waals surface area contributed by atoms with Crippen molar-refractivity contribution in [2.45, 2.75) is 32.4 Å². The summed E-state index contributed by atoms with van der Waals surface area (Å²) in [5, 5.41) is 8.33. The summed E-state index contributed by atoms with van der Waals surface area (Å²) in [7, 11) is 1.94. The molecule has 0 bridgehead atoms. The quantitative estimate of drug-likeness (QED) is 0.885. The number of hydrogen-bond donors (Lipinski definition) is 1. The molecule has 1 atom stereocenters. The molecule has 0 aliphatic carbocycles. The zero-order valence-electron chi connectivity index (χ0n) is 11.8. The van der Waals surface area contributed by atoms with Crippen LogP contribution in [0.3, 0.4) is 0 Å². The highest BCUT2D eigenvalue weighted by Crippen LogP contribution is 2.28. The highest BCUT2D eigenvalue weighted by atomic mass is 79.9. The minimum absolute atomic E-state index is 0.129. The van der Waals surface area contributed by atoms with Gasteiger partial charge in [0.25, 0.3) is 0 Å². The van der Waals surface area contributed by atoms with Gasteiger partial charge < -0.3 is 5.32 Å². The fourth-order valence-corrected chi connectivity index (χ4v) is 2.89. The first-order valence-corrected chi connectivity index (χ1v) is 7.70. The Hall–Kier alpha value is -0.910. The molecule has 1 unspecified atom stereocenters. The van der Waals surface area contributed by atoms with Gasteiger partial charge in [-0.3, -0.25) is 0 Å². The normalized spacial score (nSPS) is 12.9. The van der Waals surface area contributed by atoms with Crippen molar-refractivity contribution in [3.8, 4) is 0 Å². The van der Waals surface area contributed by atoms with Crippen LogP contribution >= 0.6 is 27.5 Å². The first-order valence-electron chi connectivity index (χ1n) is 6.53. The average molecular weight is 358 g/mol. The molecule has 20 heavy (non-hydrogen) atoms. The van der Waals surface area contributed by atoms with Crippen LogP contribution in [0.2, 0.25) is 5.02 Å². The number of rotatable bonds is 5. The van der Waals surface area contributed by atoms with Gasteiger partial charge in [0.05, 0.1) is 0 Å². The number of nitrogens with one attached hydrogen (secondary N) is 1. The third-order valence-corrected chi connectivity index (χ3v) is 4.16. The molecule has 1 aromatic carbocycles. The molecule has 2 aromatic rings. The molecule has 4 nitrogen and oxygen atoms in total. The van der Waals surface area contributed by atoms with Crippen molar-refractivity contribution in [1.29, 1.82) is 0 Å². The van der Waals surface area contributed by atoms with Gasteiger partial charge in [0, 0.05) is 28.0 Å². The number of aromatic nitrogens is 3. The maximum Gasteiger partial charge on any atom is 0.138 e. The topological polar surface area (TPSA) is 42.7 Å². The standard InChI is InChI=1S/C14H18BrClN4/c1-9(2)20-14(18-8-19-20)7-13(17-3)11-6-10(16)4-5-12(11)15/h4-6,8-9,13,17H,7H2,1-3H3. The minimum Gasteiger partial charge on any atom is -0.313 e. The highest BCUT2D eigenvalue weighted by Gasteiger charge is 2.18. The van der Waals surface area contributed by atoms with Crippen molar-refractivity contribution in [2.24, 2.45) is 0 Å². The second-order valence-electron chi connectivity index (χ2n) is 4.93. The summed E-state index contributed by atoms with van der Waals surface area (Å²) in [5.41, 5.74) is 1.12. The van der Waals surface area contributed by atoms with Crippen molar-refractivity contribution in [1.82, 2.24) is 20.1 Å². The van der Waals surface area contributed by atoms with E-state index >= 15 is 0 Å². The summed E-state index contributed by atoms with van der Waals surface area (Å²) in [6.45, 7) is 4.20. The first-order chi connectivity index (χ1) is 9.52. The van der Waals surface area contributed by atoms with Gasteiger partial charge in [-0.05, 0) is 44.7 Å². The summed E-state index contributed by atoms with van der Waals surface area (Å²) in [6.07, 6.45) is 2.36. The maximum atomic E-state index is 6.10. The van der Waals surface area contributed by atoms with Crippen LogP contribution in [0.15, 0.2) is 29.0 Å². The summed E-state index contributed by atoms with van der Waals surface area (Å²) >= 11 is 9.68. The van der Waals surface area contributed by atoms with E-state index in [2.05, 4.69) is 45.2 Å². The Kier molecular flexibility index (Phi) is 5.18. The lowest BCUT2D eigenvalue weighted by molar-refractivity contribution is 0.477. The zero-order chi connectivity index (χ0) is 14.7. The largest absolute Gasteiger partial charge is 0.313 e. The molecular weight excluding hydrogens is 340 g/mol. The fourth-order valence-electron chi connectivity index (χ4n) is 2.18. The molecule has 6 heteroatoms. The Morgan fingerprint density at radius 1 is 1.40 bits per heavy atom. The summed E-state index contributed by atoms with van der Waals surface area (Å²) in [6, 6.07) is 6.24. The van der Waals surface area contributed by atoms with Crippen LogP contribution in [0.4, 0.5) is 0 Å². The van der Waals surface area contributed by atoms with E-state index in [-0.39, 0.29) is 6.04 Å². The predicted octanol–water partition coefficient (Wildman–Crippen LogP) is 3.78. The molecule has 0 spiro atoms. The summed E-state index contributed by atoms with van der Waals surface area (Å²) in [5.74, 6) is 0.964. The first kappa shape index (κ1) is 15.5.